The van der Waals surface area contributed by atoms with Crippen LogP contribution in [0.3, 0.4) is 0 Å². The van der Waals surface area contributed by atoms with Gasteiger partial charge in [-0.05, 0) is 43.5 Å². The number of fused-ring (bicyclic) bond motifs is 1. The zero-order valence-corrected chi connectivity index (χ0v) is 10.1. The second-order valence-electron chi connectivity index (χ2n) is 3.83. The topological polar surface area (TPSA) is 21.3 Å². The summed E-state index contributed by atoms with van der Waals surface area (Å²) in [6.45, 7) is 0. The summed E-state index contributed by atoms with van der Waals surface area (Å²) >= 11 is 0. The normalized spacial score (nSPS) is 18.9. The lowest BCUT2D eigenvalue weighted by Crippen LogP contribution is -2.31. The second-order valence-corrected chi connectivity index (χ2v) is 3.83. The van der Waals surface area contributed by atoms with Crippen molar-refractivity contribution >= 4 is 12.4 Å². The van der Waals surface area contributed by atoms with E-state index in [4.69, 9.17) is 4.74 Å². The highest BCUT2D eigenvalue weighted by molar-refractivity contribution is 5.85. The third kappa shape index (κ3) is 2.44. The van der Waals surface area contributed by atoms with Crippen LogP contribution in [0.2, 0.25) is 0 Å². The monoisotopic (exact) mass is 227 g/mol. The summed E-state index contributed by atoms with van der Waals surface area (Å²) in [4.78, 5) is 0. The van der Waals surface area contributed by atoms with Gasteiger partial charge in [-0.15, -0.1) is 12.4 Å². The van der Waals surface area contributed by atoms with Crippen molar-refractivity contribution in [2.75, 3.05) is 14.2 Å². The molecule has 1 N–H and O–H groups in total. The second kappa shape index (κ2) is 5.38. The lowest BCUT2D eigenvalue weighted by atomic mass is 9.88. The Morgan fingerprint density at radius 2 is 2.20 bits per heavy atom. The van der Waals surface area contributed by atoms with Gasteiger partial charge in [0.25, 0.3) is 0 Å². The number of rotatable bonds is 2. The van der Waals surface area contributed by atoms with Crippen molar-refractivity contribution in [3.8, 4) is 5.75 Å². The largest absolute Gasteiger partial charge is 0.496 e. The lowest BCUT2D eigenvalue weighted by Gasteiger charge is -2.25. The molecular formula is C12H18ClNO. The fourth-order valence-corrected chi connectivity index (χ4v) is 2.21. The number of hydrogen-bond donors (Lipinski definition) is 1. The van der Waals surface area contributed by atoms with Crippen LogP contribution in [-0.2, 0) is 12.8 Å². The fourth-order valence-electron chi connectivity index (χ4n) is 2.21. The molecule has 1 aromatic carbocycles. The maximum absolute atomic E-state index is 5.36. The molecule has 2 rings (SSSR count). The van der Waals surface area contributed by atoms with E-state index in [0.717, 1.165) is 18.6 Å². The molecule has 0 saturated carbocycles. The molecule has 0 bridgehead atoms. The molecular weight excluding hydrogens is 210 g/mol. The first kappa shape index (κ1) is 12.3. The summed E-state index contributed by atoms with van der Waals surface area (Å²) in [6, 6.07) is 6.98. The molecule has 0 radical (unpaired) electrons. The highest BCUT2D eigenvalue weighted by atomic mass is 35.5. The molecule has 1 unspecified atom stereocenters. The van der Waals surface area contributed by atoms with Crippen molar-refractivity contribution < 1.29 is 4.74 Å². The van der Waals surface area contributed by atoms with Crippen LogP contribution in [0.5, 0.6) is 5.75 Å². The number of hydrogen-bond acceptors (Lipinski definition) is 2. The predicted molar refractivity (Wildman–Crippen MR) is 65.1 cm³/mol. The van der Waals surface area contributed by atoms with Crippen LogP contribution in [0.15, 0.2) is 18.2 Å². The molecule has 0 aliphatic heterocycles. The van der Waals surface area contributed by atoms with Crippen molar-refractivity contribution in [3.63, 3.8) is 0 Å². The van der Waals surface area contributed by atoms with E-state index in [1.807, 2.05) is 7.05 Å². The van der Waals surface area contributed by atoms with E-state index >= 15 is 0 Å². The van der Waals surface area contributed by atoms with E-state index in [-0.39, 0.29) is 12.4 Å². The number of likely N-dealkylation sites (N-methyl/N-ethyl adjacent to an activating group) is 1. The minimum Gasteiger partial charge on any atom is -0.496 e. The Hall–Kier alpha value is -0.730. The quantitative estimate of drug-likeness (QED) is 0.837. The molecule has 3 heteroatoms. The van der Waals surface area contributed by atoms with Gasteiger partial charge in [0.15, 0.2) is 0 Å². The predicted octanol–water partition coefficient (Wildman–Crippen LogP) is 2.19. The summed E-state index contributed by atoms with van der Waals surface area (Å²) in [5, 5.41) is 3.34. The molecule has 1 aromatic rings. The van der Waals surface area contributed by atoms with Gasteiger partial charge in [0.05, 0.1) is 7.11 Å². The Labute approximate surface area is 97.4 Å². The standard InChI is InChI=1S/C12H17NO.ClH/c1-13-10-6-7-11-9(8-10)4-3-5-12(11)14-2;/h3-5,10,13H,6-8H2,1-2H3;1H. The Morgan fingerprint density at radius 1 is 1.40 bits per heavy atom. The van der Waals surface area contributed by atoms with Crippen LogP contribution < -0.4 is 10.1 Å². The molecule has 0 amide bonds. The van der Waals surface area contributed by atoms with Crippen molar-refractivity contribution in [1.82, 2.24) is 5.32 Å². The first-order chi connectivity index (χ1) is 6.85. The van der Waals surface area contributed by atoms with E-state index in [0.29, 0.717) is 6.04 Å². The molecule has 0 fully saturated rings. The van der Waals surface area contributed by atoms with Crippen LogP contribution in [0, 0.1) is 0 Å². The summed E-state index contributed by atoms with van der Waals surface area (Å²) in [6.07, 6.45) is 3.47. The molecule has 1 aliphatic carbocycles. The van der Waals surface area contributed by atoms with Gasteiger partial charge in [-0.2, -0.15) is 0 Å². The van der Waals surface area contributed by atoms with Gasteiger partial charge in [-0.1, -0.05) is 12.1 Å². The first-order valence-corrected chi connectivity index (χ1v) is 5.17. The van der Waals surface area contributed by atoms with E-state index < -0.39 is 0 Å². The molecule has 0 aromatic heterocycles. The Morgan fingerprint density at radius 3 is 2.87 bits per heavy atom. The van der Waals surface area contributed by atoms with Crippen molar-refractivity contribution in [2.24, 2.45) is 0 Å². The zero-order valence-electron chi connectivity index (χ0n) is 9.25. The Bertz CT molecular complexity index is 327. The Kier molecular flexibility index (Phi) is 4.43. The van der Waals surface area contributed by atoms with Crippen LogP contribution >= 0.6 is 12.4 Å². The number of nitrogens with one attached hydrogen (secondary N) is 1. The molecule has 0 saturated heterocycles. The first-order valence-electron chi connectivity index (χ1n) is 5.17. The van der Waals surface area contributed by atoms with E-state index in [1.165, 1.54) is 17.5 Å². The smallest absolute Gasteiger partial charge is 0.122 e. The highest BCUT2D eigenvalue weighted by Gasteiger charge is 2.19. The molecule has 1 aliphatic rings. The molecule has 0 spiro atoms. The van der Waals surface area contributed by atoms with Crippen LogP contribution in [0.25, 0.3) is 0 Å². The van der Waals surface area contributed by atoms with Gasteiger partial charge in [-0.3, -0.25) is 0 Å². The van der Waals surface area contributed by atoms with Gasteiger partial charge in [0, 0.05) is 6.04 Å². The van der Waals surface area contributed by atoms with Gasteiger partial charge >= 0.3 is 0 Å². The van der Waals surface area contributed by atoms with Crippen LogP contribution in [-0.4, -0.2) is 20.2 Å². The molecule has 15 heavy (non-hydrogen) atoms. The van der Waals surface area contributed by atoms with Crippen LogP contribution in [0.1, 0.15) is 17.5 Å². The molecule has 84 valence electrons. The van der Waals surface area contributed by atoms with Gasteiger partial charge in [0.1, 0.15) is 5.75 Å². The van der Waals surface area contributed by atoms with Gasteiger partial charge in [-0.25, -0.2) is 0 Å². The number of ether oxygens (including phenoxy) is 1. The van der Waals surface area contributed by atoms with E-state index in [1.54, 1.807) is 7.11 Å². The van der Waals surface area contributed by atoms with E-state index in [2.05, 4.69) is 23.5 Å². The SMILES string of the molecule is CNC1CCc2c(cccc2OC)C1.Cl. The average molecular weight is 228 g/mol. The van der Waals surface area contributed by atoms with Crippen molar-refractivity contribution in [3.05, 3.63) is 29.3 Å². The summed E-state index contributed by atoms with van der Waals surface area (Å²) < 4.78 is 5.36. The summed E-state index contributed by atoms with van der Waals surface area (Å²) in [5.41, 5.74) is 2.84. The number of halogens is 1. The molecule has 1 atom stereocenters. The maximum Gasteiger partial charge on any atom is 0.122 e. The number of benzene rings is 1. The summed E-state index contributed by atoms with van der Waals surface area (Å²) in [7, 11) is 3.79. The van der Waals surface area contributed by atoms with Gasteiger partial charge in [0.2, 0.25) is 0 Å². The van der Waals surface area contributed by atoms with Gasteiger partial charge < -0.3 is 10.1 Å². The van der Waals surface area contributed by atoms with Crippen molar-refractivity contribution in [1.29, 1.82) is 0 Å². The number of methoxy groups -OCH3 is 1. The van der Waals surface area contributed by atoms with E-state index in [9.17, 15) is 0 Å². The molecule has 0 heterocycles. The minimum atomic E-state index is 0. The molecule has 2 nitrogen and oxygen atoms in total. The zero-order chi connectivity index (χ0) is 9.97. The third-order valence-corrected chi connectivity index (χ3v) is 3.07. The summed E-state index contributed by atoms with van der Waals surface area (Å²) in [5.74, 6) is 1.05. The fraction of sp³-hybridized carbons (Fsp3) is 0.500. The van der Waals surface area contributed by atoms with Crippen LogP contribution in [0.4, 0.5) is 0 Å². The minimum absolute atomic E-state index is 0. The van der Waals surface area contributed by atoms with Crippen molar-refractivity contribution in [2.45, 2.75) is 25.3 Å². The third-order valence-electron chi connectivity index (χ3n) is 3.07. The Balaban J connectivity index is 0.00000112. The average Bonchev–Trinajstić information content (AvgIpc) is 2.27. The lowest BCUT2D eigenvalue weighted by molar-refractivity contribution is 0.400. The maximum atomic E-state index is 5.36. The highest BCUT2D eigenvalue weighted by Crippen LogP contribution is 2.29.